The predicted molar refractivity (Wildman–Crippen MR) is 104 cm³/mol. The Labute approximate surface area is 183 Å². The lowest BCUT2D eigenvalue weighted by Crippen LogP contribution is -2.66. The van der Waals surface area contributed by atoms with Gasteiger partial charge in [0, 0.05) is 40.1 Å². The molecule has 0 aromatic carbocycles. The number of ether oxygens (including phenoxy) is 5. The Morgan fingerprint density at radius 3 is 2.16 bits per heavy atom. The van der Waals surface area contributed by atoms with E-state index < -0.39 is 67.0 Å². The molecule has 2 heterocycles. The van der Waals surface area contributed by atoms with Gasteiger partial charge < -0.3 is 29.0 Å². The average Bonchev–Trinajstić information content (AvgIpc) is 2.70. The molecular weight excluding hydrogens is 428 g/mol. The lowest BCUT2D eigenvalue weighted by molar-refractivity contribution is -0.263. The number of esters is 4. The van der Waals surface area contributed by atoms with Crippen LogP contribution in [-0.2, 0) is 42.9 Å². The number of pyridine rings is 1. The number of carbonyl (C=O) groups excluding carboxylic acids is 5. The smallest absolute Gasteiger partial charge is 0.342 e. The van der Waals surface area contributed by atoms with Crippen LogP contribution < -0.4 is 5.32 Å². The molecule has 174 valence electrons. The van der Waals surface area contributed by atoms with E-state index in [1.165, 1.54) is 31.5 Å². The van der Waals surface area contributed by atoms with Crippen molar-refractivity contribution in [3.05, 3.63) is 30.1 Å². The van der Waals surface area contributed by atoms with E-state index in [4.69, 9.17) is 23.7 Å². The molecule has 0 radical (unpaired) electrons. The summed E-state index contributed by atoms with van der Waals surface area (Å²) in [6, 6.07) is 1.73. The number of hydrogen-bond donors (Lipinski definition) is 1. The molecule has 1 aromatic rings. The first-order valence-corrected chi connectivity index (χ1v) is 9.59. The standard InChI is InChI=1S/C20H24N2O10/c1-10(23)22-16-18(30-13(4)26)17(29-12(3)25)15(9-28-11(2)24)31-20(16)32-19(27)14-6-5-7-21-8-14/h5-8,15-18,20H,9H2,1-4H3,(H,22,23)/t15-,16+,17+,18+,20+/m1/s1. The number of rotatable bonds is 7. The molecule has 1 aliphatic rings. The molecule has 0 unspecified atom stereocenters. The molecule has 0 aliphatic carbocycles. The highest BCUT2D eigenvalue weighted by atomic mass is 16.7. The fourth-order valence-electron chi connectivity index (χ4n) is 3.05. The zero-order valence-corrected chi connectivity index (χ0v) is 17.9. The molecule has 0 saturated carbocycles. The molecule has 0 spiro atoms. The van der Waals surface area contributed by atoms with Gasteiger partial charge in [-0.05, 0) is 12.1 Å². The quantitative estimate of drug-likeness (QED) is 0.435. The van der Waals surface area contributed by atoms with Crippen molar-refractivity contribution in [3.63, 3.8) is 0 Å². The Bertz CT molecular complexity index is 859. The van der Waals surface area contributed by atoms with Crippen molar-refractivity contribution in [3.8, 4) is 0 Å². The van der Waals surface area contributed by atoms with Crippen molar-refractivity contribution in [1.29, 1.82) is 0 Å². The van der Waals surface area contributed by atoms with Crippen molar-refractivity contribution in [1.82, 2.24) is 10.3 Å². The van der Waals surface area contributed by atoms with Crippen molar-refractivity contribution >= 4 is 29.8 Å². The molecule has 1 fully saturated rings. The van der Waals surface area contributed by atoms with Crippen LogP contribution in [0.2, 0.25) is 0 Å². The minimum absolute atomic E-state index is 0.0976. The number of nitrogens with one attached hydrogen (secondary N) is 1. The second kappa shape index (κ2) is 11.2. The summed E-state index contributed by atoms with van der Waals surface area (Å²) in [6.45, 7) is 4.18. The van der Waals surface area contributed by atoms with Crippen LogP contribution in [0.15, 0.2) is 24.5 Å². The van der Waals surface area contributed by atoms with Gasteiger partial charge in [0.05, 0.1) is 5.56 Å². The van der Waals surface area contributed by atoms with Gasteiger partial charge in [0.1, 0.15) is 18.8 Å². The maximum atomic E-state index is 12.6. The summed E-state index contributed by atoms with van der Waals surface area (Å²) in [7, 11) is 0. The first kappa shape index (κ1) is 24.7. The lowest BCUT2D eigenvalue weighted by atomic mass is 9.96. The van der Waals surface area contributed by atoms with E-state index in [2.05, 4.69) is 10.3 Å². The Kier molecular flexibility index (Phi) is 8.64. The summed E-state index contributed by atoms with van der Waals surface area (Å²) in [6.07, 6.45) is -2.53. The molecular formula is C20H24N2O10. The Hall–Kier alpha value is -3.54. The lowest BCUT2D eigenvalue weighted by Gasteiger charge is -2.44. The van der Waals surface area contributed by atoms with Gasteiger partial charge in [-0.25, -0.2) is 4.79 Å². The average molecular weight is 452 g/mol. The third kappa shape index (κ3) is 7.01. The second-order valence-electron chi connectivity index (χ2n) is 6.87. The van der Waals surface area contributed by atoms with Gasteiger partial charge in [-0.2, -0.15) is 0 Å². The van der Waals surface area contributed by atoms with Crippen LogP contribution in [0.1, 0.15) is 38.1 Å². The number of hydrogen-bond acceptors (Lipinski definition) is 11. The Morgan fingerprint density at radius 2 is 1.62 bits per heavy atom. The fourth-order valence-corrected chi connectivity index (χ4v) is 3.05. The highest BCUT2D eigenvalue weighted by molar-refractivity contribution is 5.89. The van der Waals surface area contributed by atoms with E-state index in [1.807, 2.05) is 0 Å². The summed E-state index contributed by atoms with van der Waals surface area (Å²) in [5.74, 6) is -3.54. The maximum Gasteiger partial charge on any atom is 0.342 e. The van der Waals surface area contributed by atoms with Crippen LogP contribution in [0.4, 0.5) is 0 Å². The van der Waals surface area contributed by atoms with Gasteiger partial charge in [-0.3, -0.25) is 24.2 Å². The van der Waals surface area contributed by atoms with Gasteiger partial charge in [0.25, 0.3) is 0 Å². The molecule has 1 N–H and O–H groups in total. The van der Waals surface area contributed by atoms with Gasteiger partial charge >= 0.3 is 23.9 Å². The van der Waals surface area contributed by atoms with E-state index in [9.17, 15) is 24.0 Å². The van der Waals surface area contributed by atoms with Crippen molar-refractivity contribution in [2.24, 2.45) is 0 Å². The second-order valence-corrected chi connectivity index (χ2v) is 6.87. The minimum Gasteiger partial charge on any atom is -0.463 e. The molecule has 0 bridgehead atoms. The number of amides is 1. The minimum atomic E-state index is -1.48. The van der Waals surface area contributed by atoms with E-state index in [1.54, 1.807) is 0 Å². The molecule has 12 nitrogen and oxygen atoms in total. The zero-order valence-electron chi connectivity index (χ0n) is 17.9. The zero-order chi connectivity index (χ0) is 23.8. The van der Waals surface area contributed by atoms with Crippen LogP contribution >= 0.6 is 0 Å². The topological polar surface area (TPSA) is 156 Å². The normalized spacial score (nSPS) is 24.6. The van der Waals surface area contributed by atoms with Gasteiger partial charge in [-0.15, -0.1) is 0 Å². The summed E-state index contributed by atoms with van der Waals surface area (Å²) < 4.78 is 26.7. The Balaban J connectivity index is 2.42. The fraction of sp³-hybridized carbons (Fsp3) is 0.500. The first-order valence-electron chi connectivity index (χ1n) is 9.59. The van der Waals surface area contributed by atoms with Crippen LogP contribution in [0.25, 0.3) is 0 Å². The molecule has 1 amide bonds. The van der Waals surface area contributed by atoms with Crippen LogP contribution in [0.5, 0.6) is 0 Å². The van der Waals surface area contributed by atoms with E-state index in [-0.39, 0.29) is 5.56 Å². The first-order chi connectivity index (χ1) is 15.1. The maximum absolute atomic E-state index is 12.6. The molecule has 12 heteroatoms. The monoisotopic (exact) mass is 452 g/mol. The van der Waals surface area contributed by atoms with Crippen molar-refractivity contribution in [2.75, 3.05) is 6.61 Å². The van der Waals surface area contributed by atoms with Gasteiger partial charge in [0.15, 0.2) is 12.2 Å². The Morgan fingerprint density at radius 1 is 0.969 bits per heavy atom. The van der Waals surface area contributed by atoms with Crippen molar-refractivity contribution in [2.45, 2.75) is 58.3 Å². The summed E-state index contributed by atoms with van der Waals surface area (Å²) in [4.78, 5) is 63.0. The van der Waals surface area contributed by atoms with E-state index >= 15 is 0 Å². The summed E-state index contributed by atoms with van der Waals surface area (Å²) in [5.41, 5.74) is 0.0976. The summed E-state index contributed by atoms with van der Waals surface area (Å²) in [5, 5.41) is 2.50. The van der Waals surface area contributed by atoms with E-state index in [0.29, 0.717) is 0 Å². The van der Waals surface area contributed by atoms with Gasteiger partial charge in [0.2, 0.25) is 12.2 Å². The highest BCUT2D eigenvalue weighted by Gasteiger charge is 2.52. The van der Waals surface area contributed by atoms with Crippen LogP contribution in [0.3, 0.4) is 0 Å². The number of carbonyl (C=O) groups is 5. The van der Waals surface area contributed by atoms with Crippen molar-refractivity contribution < 1.29 is 47.7 Å². The molecule has 1 saturated heterocycles. The third-order valence-electron chi connectivity index (χ3n) is 4.19. The molecule has 5 atom stereocenters. The molecule has 32 heavy (non-hydrogen) atoms. The van der Waals surface area contributed by atoms with Crippen LogP contribution in [0, 0.1) is 0 Å². The predicted octanol–water partition coefficient (Wildman–Crippen LogP) is -0.105. The van der Waals surface area contributed by atoms with Gasteiger partial charge in [-0.1, -0.05) is 0 Å². The third-order valence-corrected chi connectivity index (χ3v) is 4.19. The number of nitrogens with zero attached hydrogens (tertiary/aromatic N) is 1. The van der Waals surface area contributed by atoms with E-state index in [0.717, 1.165) is 20.8 Å². The molecule has 1 aliphatic heterocycles. The largest absolute Gasteiger partial charge is 0.463 e. The molecule has 2 rings (SSSR count). The SMILES string of the molecule is CC(=O)N[C@@H]1[C@H](OC(=O)c2cccnc2)O[C@H](COC(C)=O)[C@H](OC(C)=O)[C@H]1OC(C)=O. The number of aromatic nitrogens is 1. The molecule has 1 aromatic heterocycles. The highest BCUT2D eigenvalue weighted by Crippen LogP contribution is 2.28. The summed E-state index contributed by atoms with van der Waals surface area (Å²) >= 11 is 0. The van der Waals surface area contributed by atoms with Crippen LogP contribution in [-0.4, -0.2) is 72.0 Å².